The Bertz CT molecular complexity index is 2800. The number of ketones is 2. The van der Waals surface area contributed by atoms with E-state index in [-0.39, 0.29) is 71.7 Å². The van der Waals surface area contributed by atoms with Crippen molar-refractivity contribution in [3.63, 3.8) is 0 Å². The van der Waals surface area contributed by atoms with Gasteiger partial charge in [-0.15, -0.1) is 0 Å². The number of nitrogens with zero attached hydrogens (tertiary/aromatic N) is 3. The second kappa shape index (κ2) is 24.4. The minimum atomic E-state index is -1.46. The van der Waals surface area contributed by atoms with Gasteiger partial charge < -0.3 is 50.0 Å². The fourth-order valence-corrected chi connectivity index (χ4v) is 8.77. The van der Waals surface area contributed by atoms with Gasteiger partial charge in [0, 0.05) is 61.4 Å². The summed E-state index contributed by atoms with van der Waals surface area (Å²) in [5, 5.41) is 31.3. The molecule has 19 nitrogen and oxygen atoms in total. The maximum atomic E-state index is 15.2. The molecule has 0 unspecified atom stereocenters. The summed E-state index contributed by atoms with van der Waals surface area (Å²) in [5.74, 6) is -5.98. The second-order valence-corrected chi connectivity index (χ2v) is 22.2. The average Bonchev–Trinajstić information content (AvgIpc) is 3.31. The topological polar surface area (TPSA) is 262 Å². The molecule has 1 aromatic heterocycles. The lowest BCUT2D eigenvalue weighted by Crippen LogP contribution is -2.46. The van der Waals surface area contributed by atoms with E-state index in [4.69, 9.17) is 28.9 Å². The number of likely N-dealkylation sites (N-methyl/N-ethyl adjacent to an activating group) is 1. The lowest BCUT2D eigenvalue weighted by atomic mass is 9.86. The van der Waals surface area contributed by atoms with Crippen LogP contribution in [0, 0.1) is 25.7 Å². The van der Waals surface area contributed by atoms with Crippen molar-refractivity contribution in [3.05, 3.63) is 88.2 Å². The van der Waals surface area contributed by atoms with E-state index in [0.29, 0.717) is 22.8 Å². The van der Waals surface area contributed by atoms with E-state index < -0.39 is 95.2 Å². The maximum absolute atomic E-state index is 15.2. The van der Waals surface area contributed by atoms with Crippen LogP contribution >= 0.6 is 0 Å². The first kappa shape index (κ1) is 59.3. The highest BCUT2D eigenvalue weighted by Gasteiger charge is 2.37. The van der Waals surface area contributed by atoms with Crippen LogP contribution in [0.1, 0.15) is 133 Å². The SMILES string of the molecule is COC(=O)[C@@H]1Cc2cc(OCCNC(=O)OC(C)(C)C)c(O)c(c2)-c2cc(ccc2O)[C@H](N(C)C(=O)[C@H](CCNC(=O)OC(C)(C)C)CC(=O)c2c(C)nc(-c3ccc(C(C)(C)C)cc3)nc2C)C(=O)C[C@@H](C)C(=O)N1. The van der Waals surface area contributed by atoms with Crippen molar-refractivity contribution < 1.29 is 62.7 Å². The first-order valence-electron chi connectivity index (χ1n) is 25.3. The molecule has 0 fully saturated rings. The number of aromatic nitrogens is 2. The van der Waals surface area contributed by atoms with E-state index in [1.54, 1.807) is 55.4 Å². The van der Waals surface area contributed by atoms with Gasteiger partial charge in [-0.05, 0) is 108 Å². The van der Waals surface area contributed by atoms with Crippen LogP contribution in [0.2, 0.25) is 0 Å². The number of methoxy groups -OCH3 is 1. The Labute approximate surface area is 444 Å². The van der Waals surface area contributed by atoms with E-state index >= 15 is 4.79 Å². The quantitative estimate of drug-likeness (QED) is 0.0345. The number of phenols is 2. The van der Waals surface area contributed by atoms with Crippen molar-refractivity contribution in [1.29, 1.82) is 0 Å². The Morgan fingerprint density at radius 1 is 0.803 bits per heavy atom. The number of nitrogens with one attached hydrogen (secondary N) is 3. The summed E-state index contributed by atoms with van der Waals surface area (Å²) in [4.78, 5) is 107. The minimum absolute atomic E-state index is 0.00354. The number of rotatable bonds is 14. The molecule has 76 heavy (non-hydrogen) atoms. The Balaban J connectivity index is 1.57. The molecular formula is C57H74N6O13. The molecule has 0 spiro atoms. The highest BCUT2D eigenvalue weighted by atomic mass is 16.6. The molecule has 2 heterocycles. The molecule has 0 saturated carbocycles. The minimum Gasteiger partial charge on any atom is -0.507 e. The lowest BCUT2D eigenvalue weighted by Gasteiger charge is -2.32. The Kier molecular flexibility index (Phi) is 19.0. The van der Waals surface area contributed by atoms with E-state index in [9.17, 15) is 39.0 Å². The molecular weight excluding hydrogens is 977 g/mol. The number of aromatic hydroxyl groups is 2. The number of hydrogen-bond acceptors (Lipinski definition) is 15. The lowest BCUT2D eigenvalue weighted by molar-refractivity contribution is -0.146. The van der Waals surface area contributed by atoms with Crippen LogP contribution in [-0.2, 0) is 45.2 Å². The zero-order valence-corrected chi connectivity index (χ0v) is 46.2. The van der Waals surface area contributed by atoms with E-state index in [2.05, 4.69) is 36.7 Å². The third kappa shape index (κ3) is 15.7. The van der Waals surface area contributed by atoms with Gasteiger partial charge in [-0.1, -0.05) is 58.0 Å². The van der Waals surface area contributed by atoms with Gasteiger partial charge in [0.25, 0.3) is 0 Å². The number of ether oxygens (including phenoxy) is 4. The van der Waals surface area contributed by atoms with Gasteiger partial charge in [0.2, 0.25) is 11.8 Å². The van der Waals surface area contributed by atoms with Gasteiger partial charge in [0.1, 0.15) is 35.6 Å². The number of hydrogen-bond donors (Lipinski definition) is 5. The fraction of sp³-hybridized carbons (Fsp3) is 0.491. The Morgan fingerprint density at radius 2 is 1.39 bits per heavy atom. The van der Waals surface area contributed by atoms with Crippen LogP contribution in [0.25, 0.3) is 22.5 Å². The molecule has 1 aliphatic rings. The number of benzene rings is 3. The van der Waals surface area contributed by atoms with Crippen molar-refractivity contribution in [2.75, 3.05) is 33.9 Å². The van der Waals surface area contributed by atoms with Crippen molar-refractivity contribution in [3.8, 4) is 39.8 Å². The molecule has 4 bridgehead atoms. The Morgan fingerprint density at radius 3 is 1.96 bits per heavy atom. The highest BCUT2D eigenvalue weighted by molar-refractivity contribution is 6.01. The number of alkyl carbamates (subject to hydrolysis) is 2. The van der Waals surface area contributed by atoms with Crippen LogP contribution in [0.15, 0.2) is 54.6 Å². The van der Waals surface area contributed by atoms with Crippen molar-refractivity contribution >= 4 is 41.5 Å². The predicted molar refractivity (Wildman–Crippen MR) is 284 cm³/mol. The summed E-state index contributed by atoms with van der Waals surface area (Å²) in [6, 6.07) is 12.2. The molecule has 410 valence electrons. The van der Waals surface area contributed by atoms with Gasteiger partial charge in [-0.2, -0.15) is 0 Å². The second-order valence-electron chi connectivity index (χ2n) is 22.2. The molecule has 4 atom stereocenters. The van der Waals surface area contributed by atoms with Crippen molar-refractivity contribution in [2.45, 2.75) is 137 Å². The molecule has 5 N–H and O–H groups in total. The number of Topliss-reactive ketones (excluding diaryl/α,β-unsaturated/α-hetero) is 2. The molecule has 4 amide bonds. The number of fused-ring (bicyclic) bond motifs is 5. The fourth-order valence-electron chi connectivity index (χ4n) is 8.77. The number of amides is 4. The van der Waals surface area contributed by atoms with Crippen LogP contribution in [0.5, 0.6) is 17.2 Å². The number of aryl methyl sites for hydroxylation is 2. The van der Waals surface area contributed by atoms with Crippen LogP contribution in [0.3, 0.4) is 0 Å². The van der Waals surface area contributed by atoms with Gasteiger partial charge in [-0.25, -0.2) is 24.4 Å². The summed E-state index contributed by atoms with van der Waals surface area (Å²) in [6.07, 6.45) is -2.54. The van der Waals surface area contributed by atoms with Crippen molar-refractivity contribution in [1.82, 2.24) is 30.8 Å². The third-order valence-electron chi connectivity index (χ3n) is 12.5. The molecule has 0 aliphatic carbocycles. The zero-order valence-electron chi connectivity index (χ0n) is 46.2. The maximum Gasteiger partial charge on any atom is 0.407 e. The average molecular weight is 1050 g/mol. The Hall–Kier alpha value is -7.57. The van der Waals surface area contributed by atoms with E-state index in [0.717, 1.165) is 18.2 Å². The van der Waals surface area contributed by atoms with Crippen LogP contribution in [0.4, 0.5) is 9.59 Å². The van der Waals surface area contributed by atoms with Gasteiger partial charge in [-0.3, -0.25) is 19.2 Å². The molecule has 5 rings (SSSR count). The monoisotopic (exact) mass is 1050 g/mol. The van der Waals surface area contributed by atoms with Crippen molar-refractivity contribution in [2.24, 2.45) is 11.8 Å². The largest absolute Gasteiger partial charge is 0.507 e. The first-order valence-corrected chi connectivity index (χ1v) is 25.3. The summed E-state index contributed by atoms with van der Waals surface area (Å²) in [5.41, 5.74) is 1.70. The molecule has 3 aromatic carbocycles. The number of phenolic OH excluding ortho intramolecular Hbond substituents is 2. The number of esters is 1. The summed E-state index contributed by atoms with van der Waals surface area (Å²) in [7, 11) is 2.53. The molecule has 1 aliphatic heterocycles. The van der Waals surface area contributed by atoms with Gasteiger partial charge in [0.15, 0.2) is 28.9 Å². The summed E-state index contributed by atoms with van der Waals surface area (Å²) >= 11 is 0. The van der Waals surface area contributed by atoms with Gasteiger partial charge in [0.05, 0.1) is 30.6 Å². The first-order chi connectivity index (χ1) is 35.4. The van der Waals surface area contributed by atoms with E-state index in [1.807, 2.05) is 24.3 Å². The highest BCUT2D eigenvalue weighted by Crippen LogP contribution is 2.44. The number of carbonyl (C=O) groups excluding carboxylic acids is 7. The predicted octanol–water partition coefficient (Wildman–Crippen LogP) is 8.15. The summed E-state index contributed by atoms with van der Waals surface area (Å²) in [6.45, 7) is 21.1. The molecule has 19 heteroatoms. The van der Waals surface area contributed by atoms with E-state index in [1.165, 1.54) is 49.2 Å². The van der Waals surface area contributed by atoms with Crippen LogP contribution < -0.4 is 20.7 Å². The smallest absolute Gasteiger partial charge is 0.407 e. The molecule has 0 radical (unpaired) electrons. The third-order valence-corrected chi connectivity index (χ3v) is 12.5. The molecule has 0 saturated heterocycles. The molecule has 4 aromatic rings. The van der Waals surface area contributed by atoms with Gasteiger partial charge >= 0.3 is 18.2 Å². The normalized spacial score (nSPS) is 16.5. The standard InChI is InChI=1S/C57H74N6O13/c1-31-25-44(66)47(36-17-20-42(64)39(29-36)40-26-34(27-41(52(70)73-14)62-50(31)68)28-45(48(40)67)74-24-23-59-54(72)76-57(10,11)12)63(13)51(69)37(21-22-58-53(71)75-56(7,8)9)30-43(65)46-32(2)60-49(61-33(46)3)35-15-18-38(19-16-35)55(4,5)6/h15-20,26,28-29,31,37,41,47,64,67H,21-25,27,30H2,1-14H3,(H,58,71)(H,59,72)(H,62,68)/t31-,37-,41+,47+/m1/s1. The number of carbonyl (C=O) groups is 7. The summed E-state index contributed by atoms with van der Waals surface area (Å²) < 4.78 is 21.7. The van der Waals surface area contributed by atoms with Crippen LogP contribution in [-0.4, -0.2) is 118 Å². The zero-order chi connectivity index (χ0) is 56.6.